The standard InChI is InChI=1S/C39H50N8O4/c1-43(2)17-8-11-36(48)47-22-21-45(25-30(47)12-16-40)37-33-13-20-44(35-24-31(51-28-49-3)23-29-9-4-5-10-32(29)35)26-34(33)41-38(42-37)50-27-39(14-15-39)46-18-6-7-19-46/h4-5,8-11,23-24,30H,6-7,12-15,17-22,25-28H2,1-3H3/b11-8+/t30-/m0/s1. The van der Waals surface area contributed by atoms with Crippen LogP contribution in [-0.4, -0.2) is 123 Å². The number of carbonyl (C=O) groups is 1. The van der Waals surface area contributed by atoms with E-state index >= 15 is 0 Å². The maximum atomic E-state index is 13.3. The molecule has 1 aliphatic carbocycles. The second-order valence-corrected chi connectivity index (χ2v) is 14.5. The number of anilines is 2. The number of fused-ring (bicyclic) bond motifs is 2. The summed E-state index contributed by atoms with van der Waals surface area (Å²) in [5.41, 5.74) is 3.23. The average molecular weight is 695 g/mol. The van der Waals surface area contributed by atoms with Crippen LogP contribution in [0.25, 0.3) is 10.8 Å². The van der Waals surface area contributed by atoms with E-state index in [1.807, 2.05) is 36.0 Å². The van der Waals surface area contributed by atoms with E-state index in [1.54, 1.807) is 13.2 Å². The summed E-state index contributed by atoms with van der Waals surface area (Å²) >= 11 is 0. The Balaban J connectivity index is 1.19. The van der Waals surface area contributed by atoms with Gasteiger partial charge in [0.25, 0.3) is 0 Å². The molecule has 51 heavy (non-hydrogen) atoms. The molecule has 3 aromatic rings. The Morgan fingerprint density at radius 2 is 1.88 bits per heavy atom. The van der Waals surface area contributed by atoms with Crippen LogP contribution in [0.3, 0.4) is 0 Å². The van der Waals surface area contributed by atoms with E-state index in [0.717, 1.165) is 78.2 Å². The number of methoxy groups -OCH3 is 1. The van der Waals surface area contributed by atoms with Crippen LogP contribution in [0.15, 0.2) is 48.6 Å². The molecule has 12 nitrogen and oxygen atoms in total. The third-order valence-electron chi connectivity index (χ3n) is 10.7. The van der Waals surface area contributed by atoms with Crippen molar-refractivity contribution in [3.63, 3.8) is 0 Å². The molecule has 1 amide bonds. The number of hydrogen-bond donors (Lipinski definition) is 0. The summed E-state index contributed by atoms with van der Waals surface area (Å²) < 4.78 is 17.7. The lowest BCUT2D eigenvalue weighted by molar-refractivity contribution is -0.128. The van der Waals surface area contributed by atoms with Gasteiger partial charge in [-0.05, 0) is 70.7 Å². The summed E-state index contributed by atoms with van der Waals surface area (Å²) in [6.07, 6.45) is 9.28. The zero-order valence-corrected chi connectivity index (χ0v) is 30.2. The van der Waals surface area contributed by atoms with Crippen molar-refractivity contribution >= 4 is 28.2 Å². The SMILES string of the molecule is COCOc1cc(N2CCc3c(nc(OCC4(N5CCCC5)CC4)nc3N3CCN(C(=O)/C=C/CN(C)C)[C@@H](CC#N)C3)C2)c2ccccc2c1. The number of piperazine rings is 1. The molecule has 0 radical (unpaired) electrons. The highest BCUT2D eigenvalue weighted by Crippen LogP contribution is 2.44. The minimum absolute atomic E-state index is 0.0540. The molecule has 4 heterocycles. The first-order valence-corrected chi connectivity index (χ1v) is 18.3. The highest BCUT2D eigenvalue weighted by atomic mass is 16.7. The van der Waals surface area contributed by atoms with Crippen molar-refractivity contribution in [2.24, 2.45) is 0 Å². The smallest absolute Gasteiger partial charge is 0.318 e. The van der Waals surface area contributed by atoms with Crippen molar-refractivity contribution in [3.05, 3.63) is 59.8 Å². The lowest BCUT2D eigenvalue weighted by atomic mass is 10.0. The monoisotopic (exact) mass is 694 g/mol. The van der Waals surface area contributed by atoms with Gasteiger partial charge in [0.2, 0.25) is 5.91 Å². The molecule has 7 rings (SSSR count). The zero-order valence-electron chi connectivity index (χ0n) is 30.2. The van der Waals surface area contributed by atoms with E-state index in [1.165, 1.54) is 12.8 Å². The number of carbonyl (C=O) groups excluding carboxylic acids is 1. The predicted octanol–water partition coefficient (Wildman–Crippen LogP) is 4.23. The average Bonchev–Trinajstić information content (AvgIpc) is 3.72. The van der Waals surface area contributed by atoms with Crippen molar-refractivity contribution in [2.45, 2.75) is 56.7 Å². The number of likely N-dealkylation sites (tertiary alicyclic amines) is 1. The number of aromatic nitrogens is 2. The summed E-state index contributed by atoms with van der Waals surface area (Å²) in [5, 5.41) is 12.0. The normalized spacial score (nSPS) is 20.2. The van der Waals surface area contributed by atoms with Crippen LogP contribution in [0.1, 0.15) is 43.4 Å². The fourth-order valence-electron chi connectivity index (χ4n) is 7.82. The first kappa shape index (κ1) is 35.0. The van der Waals surface area contributed by atoms with Crippen LogP contribution in [0.2, 0.25) is 0 Å². The Morgan fingerprint density at radius 1 is 1.06 bits per heavy atom. The second kappa shape index (κ2) is 15.4. The maximum absolute atomic E-state index is 13.3. The van der Waals surface area contributed by atoms with E-state index in [-0.39, 0.29) is 30.7 Å². The van der Waals surface area contributed by atoms with Gasteiger partial charge in [0.15, 0.2) is 6.79 Å². The molecule has 0 spiro atoms. The Labute approximate surface area is 301 Å². The number of rotatable bonds is 13. The quantitative estimate of drug-likeness (QED) is 0.189. The van der Waals surface area contributed by atoms with Crippen LogP contribution in [0.4, 0.5) is 11.5 Å². The number of ether oxygens (including phenoxy) is 3. The fourth-order valence-corrected chi connectivity index (χ4v) is 7.82. The minimum atomic E-state index is -0.249. The van der Waals surface area contributed by atoms with E-state index in [0.29, 0.717) is 45.3 Å². The highest BCUT2D eigenvalue weighted by molar-refractivity contribution is 5.96. The Hall–Kier alpha value is -4.44. The summed E-state index contributed by atoms with van der Waals surface area (Å²) in [7, 11) is 5.57. The summed E-state index contributed by atoms with van der Waals surface area (Å²) in [6, 6.07) is 15.0. The first-order valence-electron chi connectivity index (χ1n) is 18.3. The van der Waals surface area contributed by atoms with Gasteiger partial charge in [0.05, 0.1) is 36.3 Å². The van der Waals surface area contributed by atoms with E-state index in [9.17, 15) is 10.1 Å². The lowest BCUT2D eigenvalue weighted by Crippen LogP contribution is -2.55. The van der Waals surface area contributed by atoms with Gasteiger partial charge in [-0.2, -0.15) is 15.2 Å². The lowest BCUT2D eigenvalue weighted by Gasteiger charge is -2.42. The van der Waals surface area contributed by atoms with E-state index < -0.39 is 0 Å². The van der Waals surface area contributed by atoms with Gasteiger partial charge in [-0.1, -0.05) is 30.3 Å². The summed E-state index contributed by atoms with van der Waals surface area (Å²) in [5.74, 6) is 1.57. The third kappa shape index (κ3) is 7.76. The maximum Gasteiger partial charge on any atom is 0.318 e. The van der Waals surface area contributed by atoms with Crippen molar-refractivity contribution in [1.82, 2.24) is 24.7 Å². The molecule has 1 atom stereocenters. The molecule has 3 fully saturated rings. The minimum Gasteiger partial charge on any atom is -0.467 e. The van der Waals surface area contributed by atoms with Crippen molar-refractivity contribution in [1.29, 1.82) is 5.26 Å². The molecular formula is C39H50N8O4. The molecule has 1 saturated carbocycles. The molecule has 0 N–H and O–H groups in total. The Kier molecular flexibility index (Phi) is 10.6. The fraction of sp³-hybridized carbons (Fsp3) is 0.538. The molecule has 3 aliphatic heterocycles. The van der Waals surface area contributed by atoms with Gasteiger partial charge in [-0.3, -0.25) is 9.69 Å². The van der Waals surface area contributed by atoms with Crippen molar-refractivity contribution in [3.8, 4) is 17.8 Å². The molecule has 12 heteroatoms. The number of amides is 1. The molecule has 2 aromatic carbocycles. The van der Waals surface area contributed by atoms with Gasteiger partial charge in [0.1, 0.15) is 18.2 Å². The van der Waals surface area contributed by atoms with Crippen LogP contribution in [-0.2, 0) is 22.5 Å². The van der Waals surface area contributed by atoms with Crippen LogP contribution in [0.5, 0.6) is 11.8 Å². The molecule has 0 unspecified atom stereocenters. The van der Waals surface area contributed by atoms with Crippen LogP contribution < -0.4 is 19.3 Å². The number of likely N-dealkylation sites (N-methyl/N-ethyl adjacent to an activating group) is 1. The topological polar surface area (TPSA) is 111 Å². The van der Waals surface area contributed by atoms with Gasteiger partial charge in [-0.25, -0.2) is 0 Å². The number of nitriles is 1. The number of benzene rings is 2. The van der Waals surface area contributed by atoms with Gasteiger partial charge < -0.3 is 33.8 Å². The molecule has 0 bridgehead atoms. The third-order valence-corrected chi connectivity index (χ3v) is 10.7. The molecule has 1 aromatic heterocycles. The number of hydrogen-bond acceptors (Lipinski definition) is 11. The van der Waals surface area contributed by atoms with Crippen LogP contribution >= 0.6 is 0 Å². The highest BCUT2D eigenvalue weighted by Gasteiger charge is 2.49. The Bertz CT molecular complexity index is 1780. The number of nitrogens with zero attached hydrogens (tertiary/aromatic N) is 8. The molecule has 2 saturated heterocycles. The van der Waals surface area contributed by atoms with Crippen molar-refractivity contribution < 1.29 is 19.0 Å². The molecular weight excluding hydrogens is 644 g/mol. The Morgan fingerprint density at radius 3 is 2.65 bits per heavy atom. The molecule has 270 valence electrons. The zero-order chi connectivity index (χ0) is 35.4. The summed E-state index contributed by atoms with van der Waals surface area (Å²) in [4.78, 5) is 34.5. The van der Waals surface area contributed by atoms with Crippen LogP contribution in [0, 0.1) is 11.3 Å². The first-order chi connectivity index (χ1) is 24.9. The van der Waals surface area contributed by atoms with Gasteiger partial charge in [0, 0.05) is 68.6 Å². The largest absolute Gasteiger partial charge is 0.467 e. The second-order valence-electron chi connectivity index (χ2n) is 14.5. The van der Waals surface area contributed by atoms with Gasteiger partial charge in [-0.15, -0.1) is 0 Å². The van der Waals surface area contributed by atoms with Gasteiger partial charge >= 0.3 is 6.01 Å². The van der Waals surface area contributed by atoms with E-state index in [4.69, 9.17) is 24.2 Å². The molecule has 4 aliphatic rings. The van der Waals surface area contributed by atoms with Crippen molar-refractivity contribution in [2.75, 3.05) is 90.2 Å². The van der Waals surface area contributed by atoms with E-state index in [2.05, 4.69) is 51.1 Å². The summed E-state index contributed by atoms with van der Waals surface area (Å²) in [6.45, 7) is 6.71. The predicted molar refractivity (Wildman–Crippen MR) is 197 cm³/mol.